The molecule has 17 heavy (non-hydrogen) atoms. The SMILES string of the molecule is Cc1cscc1CNC(=O)CC1(N)CCCC1. The second-order valence-electron chi connectivity index (χ2n) is 5.10. The van der Waals surface area contributed by atoms with E-state index in [0.717, 1.165) is 25.7 Å². The fraction of sp³-hybridized carbons (Fsp3) is 0.615. The summed E-state index contributed by atoms with van der Waals surface area (Å²) < 4.78 is 0. The molecule has 3 nitrogen and oxygen atoms in total. The summed E-state index contributed by atoms with van der Waals surface area (Å²) in [7, 11) is 0. The van der Waals surface area contributed by atoms with Crippen molar-refractivity contribution < 1.29 is 4.79 Å². The average molecular weight is 252 g/mol. The van der Waals surface area contributed by atoms with E-state index in [9.17, 15) is 4.79 Å². The largest absolute Gasteiger partial charge is 0.352 e. The van der Waals surface area contributed by atoms with E-state index in [4.69, 9.17) is 5.73 Å². The zero-order chi connectivity index (χ0) is 12.3. The Morgan fingerprint density at radius 3 is 2.76 bits per heavy atom. The molecule has 0 saturated heterocycles. The number of hydrogen-bond acceptors (Lipinski definition) is 3. The Labute approximate surface area is 106 Å². The summed E-state index contributed by atoms with van der Waals surface area (Å²) in [6, 6.07) is 0. The minimum absolute atomic E-state index is 0.0833. The number of thiophene rings is 1. The molecule has 1 aliphatic carbocycles. The Morgan fingerprint density at radius 1 is 1.47 bits per heavy atom. The van der Waals surface area contributed by atoms with Crippen LogP contribution in [0.5, 0.6) is 0 Å². The monoisotopic (exact) mass is 252 g/mol. The molecule has 0 spiro atoms. The standard InChI is InChI=1S/C13H20N2OS/c1-10-8-17-9-11(10)7-15-12(16)6-13(14)4-2-3-5-13/h8-9H,2-7,14H2,1H3,(H,15,16). The van der Waals surface area contributed by atoms with Crippen molar-refractivity contribution in [1.82, 2.24) is 5.32 Å². The van der Waals surface area contributed by atoms with Gasteiger partial charge in [-0.05, 0) is 41.7 Å². The van der Waals surface area contributed by atoms with Crippen LogP contribution in [-0.4, -0.2) is 11.4 Å². The van der Waals surface area contributed by atoms with Crippen LogP contribution in [0.3, 0.4) is 0 Å². The van der Waals surface area contributed by atoms with Gasteiger partial charge in [0.1, 0.15) is 0 Å². The number of hydrogen-bond donors (Lipinski definition) is 2. The van der Waals surface area contributed by atoms with Crippen LogP contribution in [0.15, 0.2) is 10.8 Å². The lowest BCUT2D eigenvalue weighted by Crippen LogP contribution is -2.42. The van der Waals surface area contributed by atoms with Gasteiger partial charge in [-0.1, -0.05) is 12.8 Å². The van der Waals surface area contributed by atoms with Gasteiger partial charge in [0.15, 0.2) is 0 Å². The van der Waals surface area contributed by atoms with Crippen LogP contribution in [0.1, 0.15) is 43.2 Å². The lowest BCUT2D eigenvalue weighted by Gasteiger charge is -2.22. The van der Waals surface area contributed by atoms with Gasteiger partial charge in [0, 0.05) is 18.5 Å². The highest BCUT2D eigenvalue weighted by Crippen LogP contribution is 2.29. The summed E-state index contributed by atoms with van der Waals surface area (Å²) in [5, 5.41) is 7.15. The highest BCUT2D eigenvalue weighted by molar-refractivity contribution is 7.08. The number of nitrogens with one attached hydrogen (secondary N) is 1. The van der Waals surface area contributed by atoms with Gasteiger partial charge in [0.05, 0.1) is 0 Å². The van der Waals surface area contributed by atoms with Gasteiger partial charge < -0.3 is 11.1 Å². The van der Waals surface area contributed by atoms with Crippen molar-refractivity contribution in [2.45, 2.75) is 51.1 Å². The molecule has 94 valence electrons. The molecule has 0 radical (unpaired) electrons. The molecule has 1 aromatic heterocycles. The molecule has 0 aliphatic heterocycles. The molecule has 1 amide bonds. The fourth-order valence-corrected chi connectivity index (χ4v) is 3.26. The van der Waals surface area contributed by atoms with Gasteiger partial charge in [0.2, 0.25) is 5.91 Å². The van der Waals surface area contributed by atoms with Gasteiger partial charge in [-0.25, -0.2) is 0 Å². The fourth-order valence-electron chi connectivity index (χ4n) is 2.40. The summed E-state index contributed by atoms with van der Waals surface area (Å²) >= 11 is 1.67. The first-order valence-corrected chi connectivity index (χ1v) is 7.11. The molecule has 3 N–H and O–H groups in total. The van der Waals surface area contributed by atoms with E-state index >= 15 is 0 Å². The van der Waals surface area contributed by atoms with Crippen molar-refractivity contribution >= 4 is 17.2 Å². The van der Waals surface area contributed by atoms with E-state index in [1.54, 1.807) is 11.3 Å². The maximum absolute atomic E-state index is 11.8. The normalized spacial score (nSPS) is 18.2. The molecule has 0 atom stereocenters. The molecular formula is C13H20N2OS. The van der Waals surface area contributed by atoms with Crippen molar-refractivity contribution in [3.63, 3.8) is 0 Å². The second-order valence-corrected chi connectivity index (χ2v) is 5.85. The van der Waals surface area contributed by atoms with E-state index in [0.29, 0.717) is 13.0 Å². The van der Waals surface area contributed by atoms with Gasteiger partial charge in [0.25, 0.3) is 0 Å². The second kappa shape index (κ2) is 5.19. The Balaban J connectivity index is 1.80. The lowest BCUT2D eigenvalue weighted by atomic mass is 9.94. The van der Waals surface area contributed by atoms with Crippen LogP contribution in [0, 0.1) is 6.92 Å². The summed E-state index contributed by atoms with van der Waals surface area (Å²) in [6.45, 7) is 2.70. The molecule has 0 aromatic carbocycles. The van der Waals surface area contributed by atoms with Gasteiger partial charge in [-0.3, -0.25) is 4.79 Å². The third-order valence-corrected chi connectivity index (χ3v) is 4.46. The first-order chi connectivity index (χ1) is 8.09. The third-order valence-electron chi connectivity index (χ3n) is 3.55. The van der Waals surface area contributed by atoms with Gasteiger partial charge in [-0.15, -0.1) is 0 Å². The number of nitrogens with two attached hydrogens (primary N) is 1. The minimum atomic E-state index is -0.242. The Morgan fingerprint density at radius 2 is 2.18 bits per heavy atom. The van der Waals surface area contributed by atoms with E-state index in [1.807, 2.05) is 0 Å². The van der Waals surface area contributed by atoms with Crippen LogP contribution in [0.25, 0.3) is 0 Å². The topological polar surface area (TPSA) is 55.1 Å². The number of aryl methyl sites for hydroxylation is 1. The molecule has 1 fully saturated rings. The smallest absolute Gasteiger partial charge is 0.222 e. The predicted molar refractivity (Wildman–Crippen MR) is 70.9 cm³/mol. The molecular weight excluding hydrogens is 232 g/mol. The maximum Gasteiger partial charge on any atom is 0.222 e. The Hall–Kier alpha value is -0.870. The maximum atomic E-state index is 11.8. The van der Waals surface area contributed by atoms with Gasteiger partial charge in [-0.2, -0.15) is 11.3 Å². The highest BCUT2D eigenvalue weighted by atomic mass is 32.1. The van der Waals surface area contributed by atoms with E-state index in [1.165, 1.54) is 11.1 Å². The molecule has 0 unspecified atom stereocenters. The van der Waals surface area contributed by atoms with Gasteiger partial charge >= 0.3 is 0 Å². The number of carbonyl (C=O) groups is 1. The quantitative estimate of drug-likeness (QED) is 0.864. The van der Waals surface area contributed by atoms with Crippen molar-refractivity contribution in [2.24, 2.45) is 5.73 Å². The zero-order valence-electron chi connectivity index (χ0n) is 10.3. The number of amides is 1. The number of carbonyl (C=O) groups excluding carboxylic acids is 1. The van der Waals surface area contributed by atoms with E-state index in [-0.39, 0.29) is 11.4 Å². The molecule has 1 saturated carbocycles. The first kappa shape index (κ1) is 12.6. The average Bonchev–Trinajstić information content (AvgIpc) is 2.85. The molecule has 1 heterocycles. The van der Waals surface area contributed by atoms with E-state index in [2.05, 4.69) is 23.0 Å². The summed E-state index contributed by atoms with van der Waals surface area (Å²) in [4.78, 5) is 11.8. The highest BCUT2D eigenvalue weighted by Gasteiger charge is 2.31. The van der Waals surface area contributed by atoms with Crippen molar-refractivity contribution in [2.75, 3.05) is 0 Å². The van der Waals surface area contributed by atoms with Crippen LogP contribution < -0.4 is 11.1 Å². The van der Waals surface area contributed by atoms with Crippen LogP contribution in [-0.2, 0) is 11.3 Å². The Bertz CT molecular complexity index is 394. The zero-order valence-corrected chi connectivity index (χ0v) is 11.1. The Kier molecular flexibility index (Phi) is 3.84. The van der Waals surface area contributed by atoms with Crippen molar-refractivity contribution in [3.05, 3.63) is 21.9 Å². The number of rotatable bonds is 4. The minimum Gasteiger partial charge on any atom is -0.352 e. The molecule has 1 aliphatic rings. The van der Waals surface area contributed by atoms with E-state index < -0.39 is 0 Å². The van der Waals surface area contributed by atoms with Crippen LogP contribution in [0.2, 0.25) is 0 Å². The molecule has 1 aromatic rings. The lowest BCUT2D eigenvalue weighted by molar-refractivity contribution is -0.122. The molecule has 0 bridgehead atoms. The van der Waals surface area contributed by atoms with Crippen molar-refractivity contribution in [1.29, 1.82) is 0 Å². The molecule has 4 heteroatoms. The molecule has 2 rings (SSSR count). The first-order valence-electron chi connectivity index (χ1n) is 6.16. The van der Waals surface area contributed by atoms with Crippen LogP contribution >= 0.6 is 11.3 Å². The summed E-state index contributed by atoms with van der Waals surface area (Å²) in [5.74, 6) is 0.0833. The predicted octanol–water partition coefficient (Wildman–Crippen LogP) is 2.33. The summed E-state index contributed by atoms with van der Waals surface area (Å²) in [5.41, 5.74) is 8.40. The summed E-state index contributed by atoms with van der Waals surface area (Å²) in [6.07, 6.45) is 4.76. The van der Waals surface area contributed by atoms with Crippen LogP contribution in [0.4, 0.5) is 0 Å². The van der Waals surface area contributed by atoms with Crippen molar-refractivity contribution in [3.8, 4) is 0 Å². The third kappa shape index (κ3) is 3.30.